The first-order valence-electron chi connectivity index (χ1n) is 6.85. The van der Waals surface area contributed by atoms with Gasteiger partial charge in [0.25, 0.3) is 5.69 Å². The van der Waals surface area contributed by atoms with E-state index in [0.29, 0.717) is 16.8 Å². The summed E-state index contributed by atoms with van der Waals surface area (Å²) in [5, 5.41) is 12.0. The lowest BCUT2D eigenvalue weighted by Gasteiger charge is -2.02. The Morgan fingerprint density at radius 1 is 1.18 bits per heavy atom. The molecule has 0 radical (unpaired) electrons. The number of aromatic amines is 1. The number of aryl methyl sites for hydroxylation is 2. The van der Waals surface area contributed by atoms with Crippen LogP contribution in [0.3, 0.4) is 0 Å². The Hall–Kier alpha value is -2.95. The van der Waals surface area contributed by atoms with Crippen molar-refractivity contribution in [3.63, 3.8) is 0 Å². The van der Waals surface area contributed by atoms with Crippen molar-refractivity contribution in [2.24, 2.45) is 0 Å². The number of nitrogens with one attached hydrogen (secondary N) is 1. The molecule has 0 unspecified atom stereocenters. The normalized spacial score (nSPS) is 10.8. The fourth-order valence-corrected chi connectivity index (χ4v) is 2.93. The van der Waals surface area contributed by atoms with E-state index >= 15 is 0 Å². The van der Waals surface area contributed by atoms with Crippen molar-refractivity contribution in [2.45, 2.75) is 13.8 Å². The number of fused-ring (bicyclic) bond motifs is 1. The van der Waals surface area contributed by atoms with Gasteiger partial charge in [0, 0.05) is 22.5 Å². The summed E-state index contributed by atoms with van der Waals surface area (Å²) in [6.07, 6.45) is 0.757. The molecule has 3 rings (SSSR count). The Kier molecular flexibility index (Phi) is 3.25. The number of hydrogen-bond donors (Lipinski definition) is 1. The molecule has 2 aromatic carbocycles. The first kappa shape index (κ1) is 14.0. The van der Waals surface area contributed by atoms with E-state index < -0.39 is 4.92 Å². The van der Waals surface area contributed by atoms with E-state index in [-0.39, 0.29) is 5.69 Å². The predicted molar refractivity (Wildman–Crippen MR) is 85.3 cm³/mol. The van der Waals surface area contributed by atoms with Crippen LogP contribution in [0, 0.1) is 24.0 Å². The van der Waals surface area contributed by atoms with Gasteiger partial charge in [0.1, 0.15) is 0 Å². The van der Waals surface area contributed by atoms with E-state index in [9.17, 15) is 14.9 Å². The van der Waals surface area contributed by atoms with Crippen molar-refractivity contribution in [3.05, 3.63) is 63.2 Å². The largest absolute Gasteiger partial charge is 0.354 e. The summed E-state index contributed by atoms with van der Waals surface area (Å²) < 4.78 is 0. The molecule has 1 aromatic heterocycles. The number of nitrogens with zero attached hydrogens (tertiary/aromatic N) is 1. The number of rotatable bonds is 3. The maximum Gasteiger partial charge on any atom is 0.278 e. The fourth-order valence-electron chi connectivity index (χ4n) is 2.93. The van der Waals surface area contributed by atoms with Crippen molar-refractivity contribution in [1.29, 1.82) is 0 Å². The third kappa shape index (κ3) is 2.07. The summed E-state index contributed by atoms with van der Waals surface area (Å²) in [6, 6.07) is 10.4. The second-order valence-electron chi connectivity index (χ2n) is 5.31. The highest BCUT2D eigenvalue weighted by Crippen LogP contribution is 2.36. The minimum Gasteiger partial charge on any atom is -0.354 e. The number of carbonyl (C=O) groups excluding carboxylic acids is 1. The van der Waals surface area contributed by atoms with Crippen molar-refractivity contribution < 1.29 is 9.72 Å². The summed E-state index contributed by atoms with van der Waals surface area (Å²) >= 11 is 0. The second kappa shape index (κ2) is 5.11. The Morgan fingerprint density at radius 3 is 2.59 bits per heavy atom. The van der Waals surface area contributed by atoms with Crippen LogP contribution in [0.15, 0.2) is 36.4 Å². The molecule has 1 heterocycles. The van der Waals surface area contributed by atoms with E-state index in [2.05, 4.69) is 4.98 Å². The lowest BCUT2D eigenvalue weighted by atomic mass is 10.0. The molecule has 5 nitrogen and oxygen atoms in total. The number of hydrogen-bond acceptors (Lipinski definition) is 3. The topological polar surface area (TPSA) is 76.0 Å². The molecular weight excluding hydrogens is 280 g/mol. The van der Waals surface area contributed by atoms with Crippen LogP contribution in [0.5, 0.6) is 0 Å². The van der Waals surface area contributed by atoms with Crippen molar-refractivity contribution in [1.82, 2.24) is 4.98 Å². The monoisotopic (exact) mass is 294 g/mol. The van der Waals surface area contributed by atoms with Gasteiger partial charge in [-0.3, -0.25) is 14.9 Å². The average molecular weight is 294 g/mol. The van der Waals surface area contributed by atoms with E-state index in [1.165, 1.54) is 6.07 Å². The maximum absolute atomic E-state index is 11.6. The lowest BCUT2D eigenvalue weighted by Crippen LogP contribution is -1.93. The summed E-state index contributed by atoms with van der Waals surface area (Å²) in [4.78, 5) is 25.6. The molecule has 0 aliphatic carbocycles. The van der Waals surface area contributed by atoms with Crippen molar-refractivity contribution in [2.75, 3.05) is 0 Å². The van der Waals surface area contributed by atoms with Gasteiger partial charge in [-0.25, -0.2) is 0 Å². The highest BCUT2D eigenvalue weighted by molar-refractivity contribution is 6.06. The standard InChI is InChI=1S/C17H14N2O3/c1-10-7-11(2)16-13(9-20)17(18-14(16)8-10)12-5-3-4-6-15(12)19(21)22/h3-9,18H,1-2H3. The van der Waals surface area contributed by atoms with Gasteiger partial charge in [-0.1, -0.05) is 18.2 Å². The van der Waals surface area contributed by atoms with Crippen LogP contribution >= 0.6 is 0 Å². The molecule has 0 spiro atoms. The fraction of sp³-hybridized carbons (Fsp3) is 0.118. The predicted octanol–water partition coefficient (Wildman–Crippen LogP) is 4.17. The highest BCUT2D eigenvalue weighted by Gasteiger charge is 2.21. The molecule has 0 aliphatic heterocycles. The number of benzene rings is 2. The molecule has 1 N–H and O–H groups in total. The number of aldehydes is 1. The van der Waals surface area contributed by atoms with Gasteiger partial charge in [0.05, 0.1) is 16.2 Å². The van der Waals surface area contributed by atoms with Crippen LogP contribution < -0.4 is 0 Å². The number of carbonyl (C=O) groups is 1. The van der Waals surface area contributed by atoms with Gasteiger partial charge in [0.2, 0.25) is 0 Å². The molecule has 110 valence electrons. The zero-order chi connectivity index (χ0) is 15.9. The zero-order valence-corrected chi connectivity index (χ0v) is 12.2. The molecule has 0 aliphatic rings. The Balaban J connectivity index is 2.40. The number of nitro benzene ring substituents is 1. The Bertz CT molecular complexity index is 910. The quantitative estimate of drug-likeness (QED) is 0.447. The zero-order valence-electron chi connectivity index (χ0n) is 12.2. The third-order valence-electron chi connectivity index (χ3n) is 3.77. The second-order valence-corrected chi connectivity index (χ2v) is 5.31. The van der Waals surface area contributed by atoms with E-state index in [1.54, 1.807) is 18.2 Å². The van der Waals surface area contributed by atoms with E-state index in [0.717, 1.165) is 28.3 Å². The van der Waals surface area contributed by atoms with E-state index in [1.807, 2.05) is 26.0 Å². The van der Waals surface area contributed by atoms with Crippen LogP contribution in [0.4, 0.5) is 5.69 Å². The minimum atomic E-state index is -0.437. The molecule has 0 amide bonds. The number of para-hydroxylation sites is 1. The molecule has 5 heteroatoms. The van der Waals surface area contributed by atoms with Crippen molar-refractivity contribution >= 4 is 22.9 Å². The lowest BCUT2D eigenvalue weighted by molar-refractivity contribution is -0.384. The first-order valence-corrected chi connectivity index (χ1v) is 6.85. The number of nitro groups is 1. The molecule has 0 fully saturated rings. The SMILES string of the molecule is Cc1cc(C)c2c(C=O)c(-c3ccccc3[N+](=O)[O-])[nH]c2c1. The van der Waals surface area contributed by atoms with Gasteiger partial charge < -0.3 is 4.98 Å². The highest BCUT2D eigenvalue weighted by atomic mass is 16.6. The first-order chi connectivity index (χ1) is 10.5. The minimum absolute atomic E-state index is 0.0217. The average Bonchev–Trinajstić information content (AvgIpc) is 2.85. The van der Waals surface area contributed by atoms with Crippen LogP contribution in [-0.2, 0) is 0 Å². The molecule has 0 saturated carbocycles. The maximum atomic E-state index is 11.6. The summed E-state index contributed by atoms with van der Waals surface area (Å²) in [5.74, 6) is 0. The van der Waals surface area contributed by atoms with Gasteiger partial charge >= 0.3 is 0 Å². The van der Waals surface area contributed by atoms with Crippen LogP contribution in [0.1, 0.15) is 21.5 Å². The Morgan fingerprint density at radius 2 is 1.91 bits per heavy atom. The van der Waals surface area contributed by atoms with Crippen LogP contribution in [0.25, 0.3) is 22.2 Å². The molecule has 3 aromatic rings. The molecule has 0 atom stereocenters. The third-order valence-corrected chi connectivity index (χ3v) is 3.77. The smallest absolute Gasteiger partial charge is 0.278 e. The summed E-state index contributed by atoms with van der Waals surface area (Å²) in [6.45, 7) is 3.90. The number of aromatic nitrogens is 1. The van der Waals surface area contributed by atoms with Crippen molar-refractivity contribution in [3.8, 4) is 11.3 Å². The van der Waals surface area contributed by atoms with Crippen LogP contribution in [0.2, 0.25) is 0 Å². The molecular formula is C17H14N2O3. The summed E-state index contributed by atoms with van der Waals surface area (Å²) in [7, 11) is 0. The van der Waals surface area contributed by atoms with Gasteiger partial charge in [-0.2, -0.15) is 0 Å². The van der Waals surface area contributed by atoms with Gasteiger partial charge in [-0.15, -0.1) is 0 Å². The summed E-state index contributed by atoms with van der Waals surface area (Å²) in [5.41, 5.74) is 4.20. The molecule has 0 saturated heterocycles. The molecule has 22 heavy (non-hydrogen) atoms. The Labute approximate surface area is 126 Å². The van der Waals surface area contributed by atoms with Crippen LogP contribution in [-0.4, -0.2) is 16.2 Å². The van der Waals surface area contributed by atoms with Gasteiger partial charge in [0.15, 0.2) is 6.29 Å². The van der Waals surface area contributed by atoms with Gasteiger partial charge in [-0.05, 0) is 37.1 Å². The molecule has 0 bridgehead atoms. The number of H-pyrrole nitrogens is 1. The van der Waals surface area contributed by atoms with E-state index in [4.69, 9.17) is 0 Å².